The summed E-state index contributed by atoms with van der Waals surface area (Å²) in [5.41, 5.74) is 2.60. The van der Waals surface area contributed by atoms with E-state index in [0.29, 0.717) is 27.7 Å². The van der Waals surface area contributed by atoms with Gasteiger partial charge in [0, 0.05) is 29.7 Å². The Morgan fingerprint density at radius 2 is 1.86 bits per heavy atom. The third-order valence-electron chi connectivity index (χ3n) is 4.27. The SMILES string of the molecule is O=C(Cn1ncc2ncc(-c3ccc(F)c(OC(F)F)c3)cc21)c1ccncc1. The van der Waals surface area contributed by atoms with Crippen LogP contribution in [0.25, 0.3) is 22.2 Å². The summed E-state index contributed by atoms with van der Waals surface area (Å²) in [7, 11) is 0. The molecule has 0 fully saturated rings. The molecule has 0 N–H and O–H groups in total. The Balaban J connectivity index is 1.68. The molecule has 0 aliphatic carbocycles. The number of rotatable bonds is 6. The first-order valence-electron chi connectivity index (χ1n) is 8.51. The molecule has 1 aromatic carbocycles. The Bertz CT molecular complexity index is 1180. The van der Waals surface area contributed by atoms with Gasteiger partial charge in [0.05, 0.1) is 11.7 Å². The lowest BCUT2D eigenvalue weighted by Crippen LogP contribution is -2.11. The van der Waals surface area contributed by atoms with Crippen LogP contribution < -0.4 is 4.74 Å². The van der Waals surface area contributed by atoms with E-state index >= 15 is 0 Å². The van der Waals surface area contributed by atoms with E-state index in [1.165, 1.54) is 41.6 Å². The summed E-state index contributed by atoms with van der Waals surface area (Å²) in [6.45, 7) is -3.15. The summed E-state index contributed by atoms with van der Waals surface area (Å²) in [5.74, 6) is -1.60. The fourth-order valence-corrected chi connectivity index (χ4v) is 2.87. The largest absolute Gasteiger partial charge is 0.432 e. The maximum Gasteiger partial charge on any atom is 0.387 e. The Labute approximate surface area is 162 Å². The van der Waals surface area contributed by atoms with Crippen molar-refractivity contribution >= 4 is 16.8 Å². The van der Waals surface area contributed by atoms with Crippen LogP contribution in [0, 0.1) is 5.82 Å². The molecule has 29 heavy (non-hydrogen) atoms. The maximum absolute atomic E-state index is 13.7. The number of nitrogens with zero attached hydrogens (tertiary/aromatic N) is 4. The zero-order chi connectivity index (χ0) is 20.4. The van der Waals surface area contributed by atoms with Crippen LogP contribution >= 0.6 is 0 Å². The van der Waals surface area contributed by atoms with Gasteiger partial charge in [-0.2, -0.15) is 13.9 Å². The number of hydrogen-bond acceptors (Lipinski definition) is 5. The lowest BCUT2D eigenvalue weighted by atomic mass is 10.1. The van der Waals surface area contributed by atoms with Gasteiger partial charge in [-0.25, -0.2) is 4.39 Å². The van der Waals surface area contributed by atoms with E-state index in [-0.39, 0.29) is 12.3 Å². The average molecular weight is 398 g/mol. The number of alkyl halides is 2. The molecule has 0 unspecified atom stereocenters. The first kappa shape index (κ1) is 18.6. The van der Waals surface area contributed by atoms with Gasteiger partial charge in [0.25, 0.3) is 0 Å². The van der Waals surface area contributed by atoms with Gasteiger partial charge in [0.15, 0.2) is 17.3 Å². The number of halogens is 3. The van der Waals surface area contributed by atoms with E-state index in [1.54, 1.807) is 18.2 Å². The van der Waals surface area contributed by atoms with Crippen LogP contribution in [0.3, 0.4) is 0 Å². The summed E-state index contributed by atoms with van der Waals surface area (Å²) in [4.78, 5) is 20.6. The van der Waals surface area contributed by atoms with Crippen LogP contribution in [0.1, 0.15) is 10.4 Å². The van der Waals surface area contributed by atoms with E-state index in [0.717, 1.165) is 6.07 Å². The molecule has 0 saturated carbocycles. The molecule has 9 heteroatoms. The van der Waals surface area contributed by atoms with Crippen molar-refractivity contribution in [3.63, 3.8) is 0 Å². The highest BCUT2D eigenvalue weighted by Gasteiger charge is 2.14. The Kier molecular flexibility index (Phi) is 4.94. The molecule has 0 saturated heterocycles. The normalized spacial score (nSPS) is 11.2. The quantitative estimate of drug-likeness (QED) is 0.457. The number of hydrogen-bond donors (Lipinski definition) is 0. The lowest BCUT2D eigenvalue weighted by Gasteiger charge is -2.09. The van der Waals surface area contributed by atoms with Gasteiger partial charge in [-0.1, -0.05) is 6.07 Å². The highest BCUT2D eigenvalue weighted by Crippen LogP contribution is 2.29. The first-order chi connectivity index (χ1) is 14.0. The predicted molar refractivity (Wildman–Crippen MR) is 98.1 cm³/mol. The van der Waals surface area contributed by atoms with Crippen LogP contribution in [0.4, 0.5) is 13.2 Å². The van der Waals surface area contributed by atoms with Gasteiger partial charge in [0.1, 0.15) is 12.1 Å². The highest BCUT2D eigenvalue weighted by molar-refractivity contribution is 5.96. The second kappa shape index (κ2) is 7.70. The average Bonchev–Trinajstić information content (AvgIpc) is 3.12. The lowest BCUT2D eigenvalue weighted by molar-refractivity contribution is -0.0521. The number of ketones is 1. The Hall–Kier alpha value is -3.75. The van der Waals surface area contributed by atoms with Gasteiger partial charge < -0.3 is 4.74 Å². The molecule has 0 amide bonds. The molecule has 3 heterocycles. The van der Waals surface area contributed by atoms with Crippen molar-refractivity contribution in [2.24, 2.45) is 0 Å². The van der Waals surface area contributed by atoms with Crippen molar-refractivity contribution in [3.05, 3.63) is 72.6 Å². The number of Topliss-reactive ketones (excluding diaryl/α,β-unsaturated/α-hetero) is 1. The van der Waals surface area contributed by atoms with Crippen molar-refractivity contribution in [3.8, 4) is 16.9 Å². The fraction of sp³-hybridized carbons (Fsp3) is 0.100. The van der Waals surface area contributed by atoms with E-state index in [9.17, 15) is 18.0 Å². The van der Waals surface area contributed by atoms with Crippen molar-refractivity contribution < 1.29 is 22.7 Å². The minimum absolute atomic E-state index is 0.0121. The molecule has 0 aliphatic heterocycles. The second-order valence-corrected chi connectivity index (χ2v) is 6.11. The number of ether oxygens (including phenoxy) is 1. The fourth-order valence-electron chi connectivity index (χ4n) is 2.87. The summed E-state index contributed by atoms with van der Waals surface area (Å²) in [6.07, 6.45) is 6.09. The topological polar surface area (TPSA) is 69.9 Å². The Morgan fingerprint density at radius 3 is 2.62 bits per heavy atom. The molecule has 146 valence electrons. The summed E-state index contributed by atoms with van der Waals surface area (Å²) < 4.78 is 44.3. The number of carbonyl (C=O) groups is 1. The number of benzene rings is 1. The molecule has 3 aromatic heterocycles. The summed E-state index contributed by atoms with van der Waals surface area (Å²) in [6, 6.07) is 8.57. The van der Waals surface area contributed by atoms with Crippen LogP contribution in [-0.4, -0.2) is 32.1 Å². The van der Waals surface area contributed by atoms with Crippen LogP contribution in [0.15, 0.2) is 61.2 Å². The van der Waals surface area contributed by atoms with Gasteiger partial charge in [-0.05, 0) is 35.9 Å². The summed E-state index contributed by atoms with van der Waals surface area (Å²) >= 11 is 0. The van der Waals surface area contributed by atoms with Crippen molar-refractivity contribution in [2.45, 2.75) is 13.2 Å². The van der Waals surface area contributed by atoms with Crippen molar-refractivity contribution in [2.75, 3.05) is 0 Å². The number of carbonyl (C=O) groups excluding carboxylic acids is 1. The molecule has 0 radical (unpaired) electrons. The van der Waals surface area contributed by atoms with E-state index in [4.69, 9.17) is 0 Å². The standard InChI is InChI=1S/C20H13F3N4O2/c21-15-2-1-13(8-19(15)29-20(22)23)14-7-17-16(25-9-14)10-26-27(17)11-18(28)12-3-5-24-6-4-12/h1-10,20H,11H2. The minimum atomic E-state index is -3.14. The number of pyridine rings is 2. The molecule has 0 bridgehead atoms. The first-order valence-corrected chi connectivity index (χ1v) is 8.51. The van der Waals surface area contributed by atoms with E-state index in [1.807, 2.05) is 0 Å². The predicted octanol–water partition coefficient (Wildman–Crippen LogP) is 4.12. The zero-order valence-electron chi connectivity index (χ0n) is 14.8. The third kappa shape index (κ3) is 3.93. The molecule has 6 nitrogen and oxygen atoms in total. The van der Waals surface area contributed by atoms with E-state index in [2.05, 4.69) is 19.8 Å². The van der Waals surface area contributed by atoms with Crippen LogP contribution in [-0.2, 0) is 6.54 Å². The molecule has 4 aromatic rings. The van der Waals surface area contributed by atoms with Crippen LogP contribution in [0.5, 0.6) is 5.75 Å². The number of aromatic nitrogens is 4. The third-order valence-corrected chi connectivity index (χ3v) is 4.27. The molecular weight excluding hydrogens is 385 g/mol. The van der Waals surface area contributed by atoms with Gasteiger partial charge in [-0.15, -0.1) is 0 Å². The Morgan fingerprint density at radius 1 is 1.07 bits per heavy atom. The second-order valence-electron chi connectivity index (χ2n) is 6.11. The van der Waals surface area contributed by atoms with Gasteiger partial charge in [0.2, 0.25) is 0 Å². The monoisotopic (exact) mass is 398 g/mol. The zero-order valence-corrected chi connectivity index (χ0v) is 14.8. The maximum atomic E-state index is 13.7. The van der Waals surface area contributed by atoms with Crippen molar-refractivity contribution in [1.29, 1.82) is 0 Å². The van der Waals surface area contributed by atoms with Crippen molar-refractivity contribution in [1.82, 2.24) is 19.7 Å². The number of fused-ring (bicyclic) bond motifs is 1. The molecule has 0 atom stereocenters. The molecular formula is C20H13F3N4O2. The molecule has 4 rings (SSSR count). The van der Waals surface area contributed by atoms with E-state index < -0.39 is 18.2 Å². The highest BCUT2D eigenvalue weighted by atomic mass is 19.3. The minimum Gasteiger partial charge on any atom is -0.432 e. The summed E-state index contributed by atoms with van der Waals surface area (Å²) in [5, 5.41) is 4.20. The molecule has 0 spiro atoms. The van der Waals surface area contributed by atoms with Crippen LogP contribution in [0.2, 0.25) is 0 Å². The van der Waals surface area contributed by atoms with Gasteiger partial charge in [-0.3, -0.25) is 19.4 Å². The molecule has 0 aliphatic rings. The smallest absolute Gasteiger partial charge is 0.387 e. The van der Waals surface area contributed by atoms with Gasteiger partial charge >= 0.3 is 6.61 Å².